The minimum absolute atomic E-state index is 0.165. The van der Waals surface area contributed by atoms with Crippen molar-refractivity contribution in [1.82, 2.24) is 15.2 Å². The zero-order valence-corrected chi connectivity index (χ0v) is 17.6. The lowest BCUT2D eigenvalue weighted by Gasteiger charge is -2.20. The highest BCUT2D eigenvalue weighted by atomic mass is 79.9. The fourth-order valence-corrected chi connectivity index (χ4v) is 4.21. The number of phenols is 1. The third-order valence-corrected chi connectivity index (χ3v) is 5.97. The second kappa shape index (κ2) is 8.36. The van der Waals surface area contributed by atoms with Crippen molar-refractivity contribution in [3.05, 3.63) is 52.5 Å². The van der Waals surface area contributed by atoms with Crippen molar-refractivity contribution < 1.29 is 9.84 Å². The molecule has 0 saturated heterocycles. The predicted molar refractivity (Wildman–Crippen MR) is 114 cm³/mol. The quantitative estimate of drug-likeness (QED) is 0.391. The van der Waals surface area contributed by atoms with E-state index >= 15 is 0 Å². The van der Waals surface area contributed by atoms with E-state index in [-0.39, 0.29) is 5.75 Å². The Morgan fingerprint density at radius 1 is 1.21 bits per heavy atom. The zero-order valence-electron chi connectivity index (χ0n) is 15.2. The number of hydrogen-bond acceptors (Lipinski definition) is 7. The number of nitrogens with zero attached hydrogens (tertiary/aromatic N) is 3. The van der Waals surface area contributed by atoms with Crippen LogP contribution in [-0.4, -0.2) is 26.0 Å². The SMILES string of the molecule is CCCCSc1nnc2c(n1)O[C@@H](c1cc(O)ccc1Br)Nc1ccccc1-2. The molecule has 4 rings (SSSR count). The normalized spacial score (nSPS) is 15.0. The molecular weight excluding hydrogens is 440 g/mol. The molecule has 1 atom stereocenters. The van der Waals surface area contributed by atoms with Crippen LogP contribution in [0.15, 0.2) is 52.1 Å². The zero-order chi connectivity index (χ0) is 19.5. The second-order valence-corrected chi connectivity index (χ2v) is 8.26. The number of hydrogen-bond donors (Lipinski definition) is 2. The Balaban J connectivity index is 1.77. The summed E-state index contributed by atoms with van der Waals surface area (Å²) < 4.78 is 7.05. The van der Waals surface area contributed by atoms with E-state index in [4.69, 9.17) is 4.74 Å². The summed E-state index contributed by atoms with van der Waals surface area (Å²) in [6, 6.07) is 12.9. The highest BCUT2D eigenvalue weighted by Crippen LogP contribution is 2.41. The number of benzene rings is 2. The highest BCUT2D eigenvalue weighted by Gasteiger charge is 2.27. The van der Waals surface area contributed by atoms with Crippen molar-refractivity contribution in [1.29, 1.82) is 0 Å². The van der Waals surface area contributed by atoms with Crippen molar-refractivity contribution in [2.45, 2.75) is 31.1 Å². The molecule has 0 aliphatic carbocycles. The molecule has 0 unspecified atom stereocenters. The number of aromatic nitrogens is 3. The van der Waals surface area contributed by atoms with Gasteiger partial charge in [-0.15, -0.1) is 10.2 Å². The van der Waals surface area contributed by atoms with Crippen LogP contribution >= 0.6 is 27.7 Å². The number of fused-ring (bicyclic) bond motifs is 3. The summed E-state index contributed by atoms with van der Waals surface area (Å²) in [4.78, 5) is 4.62. The van der Waals surface area contributed by atoms with Gasteiger partial charge in [-0.3, -0.25) is 0 Å². The molecule has 1 aromatic heterocycles. The van der Waals surface area contributed by atoms with E-state index in [9.17, 15) is 5.11 Å². The fourth-order valence-electron chi connectivity index (χ4n) is 2.89. The highest BCUT2D eigenvalue weighted by molar-refractivity contribution is 9.10. The van der Waals surface area contributed by atoms with E-state index in [1.807, 2.05) is 24.3 Å². The van der Waals surface area contributed by atoms with E-state index in [0.29, 0.717) is 16.7 Å². The first kappa shape index (κ1) is 19.0. The molecular formula is C20H19BrN4O2S. The van der Waals surface area contributed by atoms with Gasteiger partial charge in [-0.25, -0.2) is 0 Å². The average molecular weight is 459 g/mol. The smallest absolute Gasteiger partial charge is 0.247 e. The van der Waals surface area contributed by atoms with E-state index < -0.39 is 6.23 Å². The number of phenolic OH excluding ortho intramolecular Hbond substituents is 1. The fraction of sp³-hybridized carbons (Fsp3) is 0.250. The lowest BCUT2D eigenvalue weighted by Crippen LogP contribution is -2.17. The molecule has 1 aliphatic rings. The first-order valence-corrected chi connectivity index (χ1v) is 10.8. The summed E-state index contributed by atoms with van der Waals surface area (Å²) in [5, 5.41) is 22.6. The standard InChI is InChI=1S/C20H19BrN4O2S/c1-2-3-10-28-20-23-19-17(24-25-20)13-6-4-5-7-16(13)22-18(27-19)14-11-12(26)8-9-15(14)21/h4-9,11,18,22,26H,2-3,10H2,1H3/t18-/m0/s1. The molecule has 144 valence electrons. The van der Waals surface area contributed by atoms with Crippen molar-refractivity contribution in [3.8, 4) is 22.9 Å². The van der Waals surface area contributed by atoms with E-state index in [1.54, 1.807) is 30.0 Å². The monoisotopic (exact) mass is 458 g/mol. The Hall–Kier alpha value is -2.32. The van der Waals surface area contributed by atoms with Crippen molar-refractivity contribution >= 4 is 33.4 Å². The van der Waals surface area contributed by atoms with Gasteiger partial charge in [0.1, 0.15) is 5.75 Å². The maximum Gasteiger partial charge on any atom is 0.247 e. The molecule has 3 aromatic rings. The summed E-state index contributed by atoms with van der Waals surface area (Å²) in [6.07, 6.45) is 1.66. The molecule has 8 heteroatoms. The summed E-state index contributed by atoms with van der Waals surface area (Å²) >= 11 is 5.12. The van der Waals surface area contributed by atoms with Crippen LogP contribution in [0.5, 0.6) is 11.6 Å². The van der Waals surface area contributed by atoms with Crippen LogP contribution in [0.25, 0.3) is 11.3 Å². The molecule has 2 heterocycles. The summed E-state index contributed by atoms with van der Waals surface area (Å²) in [6.45, 7) is 2.15. The van der Waals surface area contributed by atoms with E-state index in [1.165, 1.54) is 0 Å². The first-order valence-electron chi connectivity index (χ1n) is 9.04. The summed E-state index contributed by atoms with van der Waals surface area (Å²) in [5.74, 6) is 1.53. The van der Waals surface area contributed by atoms with Crippen LogP contribution in [0, 0.1) is 0 Å². The van der Waals surface area contributed by atoms with Crippen molar-refractivity contribution in [2.75, 3.05) is 11.1 Å². The first-order chi connectivity index (χ1) is 13.7. The number of halogens is 1. The van der Waals surface area contributed by atoms with Gasteiger partial charge in [0, 0.05) is 27.0 Å². The molecule has 2 N–H and O–H groups in total. The van der Waals surface area contributed by atoms with Crippen LogP contribution in [0.2, 0.25) is 0 Å². The molecule has 6 nitrogen and oxygen atoms in total. The average Bonchev–Trinajstić information content (AvgIpc) is 2.86. The van der Waals surface area contributed by atoms with Crippen molar-refractivity contribution in [3.63, 3.8) is 0 Å². The lowest BCUT2D eigenvalue weighted by atomic mass is 10.1. The maximum absolute atomic E-state index is 9.95. The van der Waals surface area contributed by atoms with Gasteiger partial charge in [0.25, 0.3) is 0 Å². The minimum atomic E-state index is -0.547. The number of ether oxygens (including phenoxy) is 1. The van der Waals surface area contributed by atoms with Gasteiger partial charge in [0.2, 0.25) is 11.0 Å². The molecule has 1 aliphatic heterocycles. The van der Waals surface area contributed by atoms with E-state index in [2.05, 4.69) is 43.4 Å². The number of unbranched alkanes of at least 4 members (excludes halogenated alkanes) is 1. The van der Waals surface area contributed by atoms with Gasteiger partial charge in [-0.2, -0.15) is 4.98 Å². The maximum atomic E-state index is 9.95. The van der Waals surface area contributed by atoms with Gasteiger partial charge in [0.05, 0.1) is 0 Å². The third kappa shape index (κ3) is 3.93. The van der Waals surface area contributed by atoms with Gasteiger partial charge < -0.3 is 15.2 Å². The van der Waals surface area contributed by atoms with Gasteiger partial charge in [-0.1, -0.05) is 59.2 Å². The Bertz CT molecular complexity index is 1000. The minimum Gasteiger partial charge on any atom is -0.508 e. The van der Waals surface area contributed by atoms with Crippen molar-refractivity contribution in [2.24, 2.45) is 0 Å². The molecule has 0 saturated carbocycles. The van der Waals surface area contributed by atoms with Crippen LogP contribution in [-0.2, 0) is 0 Å². The Labute approximate surface area is 175 Å². The summed E-state index contributed by atoms with van der Waals surface area (Å²) in [7, 11) is 0. The number of rotatable bonds is 5. The number of thioether (sulfide) groups is 1. The topological polar surface area (TPSA) is 80.2 Å². The van der Waals surface area contributed by atoms with Gasteiger partial charge in [-0.05, 0) is 30.7 Å². The molecule has 0 fully saturated rings. The van der Waals surface area contributed by atoms with Crippen LogP contribution in [0.3, 0.4) is 0 Å². The number of para-hydroxylation sites is 1. The number of aromatic hydroxyl groups is 1. The van der Waals surface area contributed by atoms with Crippen LogP contribution < -0.4 is 10.1 Å². The Morgan fingerprint density at radius 2 is 2.07 bits per heavy atom. The van der Waals surface area contributed by atoms with E-state index in [0.717, 1.165) is 39.9 Å². The number of anilines is 1. The van der Waals surface area contributed by atoms with Crippen LogP contribution in [0.1, 0.15) is 31.6 Å². The Kier molecular flexibility index (Phi) is 5.68. The molecule has 0 spiro atoms. The number of nitrogens with one attached hydrogen (secondary N) is 1. The molecule has 0 radical (unpaired) electrons. The molecule has 28 heavy (non-hydrogen) atoms. The molecule has 2 aromatic carbocycles. The second-order valence-electron chi connectivity index (χ2n) is 6.34. The lowest BCUT2D eigenvalue weighted by molar-refractivity contribution is 0.224. The largest absolute Gasteiger partial charge is 0.508 e. The molecule has 0 bridgehead atoms. The summed E-state index contributed by atoms with van der Waals surface area (Å²) in [5.41, 5.74) is 3.11. The third-order valence-electron chi connectivity index (χ3n) is 4.32. The molecule has 0 amide bonds. The Morgan fingerprint density at radius 3 is 2.93 bits per heavy atom. The predicted octanol–water partition coefficient (Wildman–Crippen LogP) is 5.40. The van der Waals surface area contributed by atoms with Gasteiger partial charge >= 0.3 is 0 Å². The van der Waals surface area contributed by atoms with Gasteiger partial charge in [0.15, 0.2) is 11.9 Å². The van der Waals surface area contributed by atoms with Crippen LogP contribution in [0.4, 0.5) is 5.69 Å².